The van der Waals surface area contributed by atoms with Gasteiger partial charge in [0, 0.05) is 17.5 Å². The number of aryl methyl sites for hydroxylation is 1. The van der Waals surface area contributed by atoms with Crippen LogP contribution in [0.3, 0.4) is 0 Å². The zero-order valence-electron chi connectivity index (χ0n) is 14.3. The molecule has 2 heterocycles. The van der Waals surface area contributed by atoms with Gasteiger partial charge in [0.2, 0.25) is 5.89 Å². The van der Waals surface area contributed by atoms with Crippen molar-refractivity contribution in [1.29, 1.82) is 0 Å². The molecule has 0 fully saturated rings. The quantitative estimate of drug-likeness (QED) is 0.353. The van der Waals surface area contributed by atoms with E-state index in [1.165, 1.54) is 17.3 Å². The fourth-order valence-electron chi connectivity index (χ4n) is 2.61. The summed E-state index contributed by atoms with van der Waals surface area (Å²) in [6, 6.07) is 20.5. The van der Waals surface area contributed by atoms with E-state index in [2.05, 4.69) is 39.2 Å². The van der Waals surface area contributed by atoms with Crippen molar-refractivity contribution >= 4 is 11.8 Å². The highest BCUT2D eigenvalue weighted by atomic mass is 32.2. The van der Waals surface area contributed by atoms with Crippen LogP contribution in [0.4, 0.5) is 0 Å². The smallest absolute Gasteiger partial charge is 0.205 e. The number of nitrogens with zero attached hydrogens (tertiary/aromatic N) is 3. The molecule has 128 valence electrons. The molecule has 0 unspecified atom stereocenters. The summed E-state index contributed by atoms with van der Waals surface area (Å²) < 4.78 is 5.93. The predicted molar refractivity (Wildman–Crippen MR) is 104 cm³/mol. The van der Waals surface area contributed by atoms with E-state index in [1.54, 1.807) is 12.4 Å². The molecular weight excluding hydrogens is 342 g/mol. The number of oxazole rings is 1. The van der Waals surface area contributed by atoms with Gasteiger partial charge in [0.1, 0.15) is 0 Å². The monoisotopic (exact) mass is 359 g/mol. The SMILES string of the molecule is Cc1ccnc(SCc2ncc(-c3cccc(-c4ccccc4)c3)o2)n1. The number of hydrogen-bond donors (Lipinski definition) is 0. The van der Waals surface area contributed by atoms with E-state index in [-0.39, 0.29) is 0 Å². The van der Waals surface area contributed by atoms with Crippen molar-refractivity contribution < 1.29 is 4.42 Å². The van der Waals surface area contributed by atoms with Crippen molar-refractivity contribution in [2.45, 2.75) is 17.8 Å². The first-order valence-electron chi connectivity index (χ1n) is 8.31. The molecule has 0 aliphatic heterocycles. The van der Waals surface area contributed by atoms with Crippen LogP contribution in [0.15, 0.2) is 82.6 Å². The summed E-state index contributed by atoms with van der Waals surface area (Å²) in [6.45, 7) is 1.95. The molecule has 5 heteroatoms. The van der Waals surface area contributed by atoms with Gasteiger partial charge in [-0.1, -0.05) is 60.3 Å². The highest BCUT2D eigenvalue weighted by molar-refractivity contribution is 7.98. The molecule has 2 aromatic heterocycles. The first-order chi connectivity index (χ1) is 12.8. The second-order valence-corrected chi connectivity index (χ2v) is 6.78. The molecule has 2 aromatic carbocycles. The molecule has 0 amide bonds. The largest absolute Gasteiger partial charge is 0.440 e. The lowest BCUT2D eigenvalue weighted by atomic mass is 10.0. The minimum absolute atomic E-state index is 0.599. The third-order valence-electron chi connectivity index (χ3n) is 3.91. The molecule has 4 rings (SSSR count). The molecule has 0 spiro atoms. The Balaban J connectivity index is 1.51. The Hall–Kier alpha value is -2.92. The molecule has 4 aromatic rings. The Morgan fingerprint density at radius 3 is 2.54 bits per heavy atom. The van der Waals surface area contributed by atoms with Gasteiger partial charge in [-0.2, -0.15) is 0 Å². The zero-order valence-corrected chi connectivity index (χ0v) is 15.1. The Morgan fingerprint density at radius 1 is 0.885 bits per heavy atom. The summed E-state index contributed by atoms with van der Waals surface area (Å²) in [7, 11) is 0. The maximum Gasteiger partial charge on any atom is 0.205 e. The second kappa shape index (κ2) is 7.54. The van der Waals surface area contributed by atoms with Crippen molar-refractivity contribution in [3.63, 3.8) is 0 Å². The van der Waals surface area contributed by atoms with Crippen molar-refractivity contribution in [3.05, 3.63) is 84.6 Å². The highest BCUT2D eigenvalue weighted by Crippen LogP contribution is 2.28. The van der Waals surface area contributed by atoms with Gasteiger partial charge in [0.05, 0.1) is 11.9 Å². The van der Waals surface area contributed by atoms with Crippen molar-refractivity contribution in [3.8, 4) is 22.5 Å². The Kier molecular flexibility index (Phi) is 4.80. The molecule has 0 aliphatic carbocycles. The number of hydrogen-bond acceptors (Lipinski definition) is 5. The van der Waals surface area contributed by atoms with Crippen molar-refractivity contribution in [2.75, 3.05) is 0 Å². The van der Waals surface area contributed by atoms with E-state index in [0.29, 0.717) is 11.6 Å². The van der Waals surface area contributed by atoms with Gasteiger partial charge < -0.3 is 4.42 Å². The maximum absolute atomic E-state index is 5.93. The third-order valence-corrected chi connectivity index (χ3v) is 4.75. The highest BCUT2D eigenvalue weighted by Gasteiger charge is 2.09. The van der Waals surface area contributed by atoms with Crippen LogP contribution in [0, 0.1) is 6.92 Å². The van der Waals surface area contributed by atoms with E-state index in [9.17, 15) is 0 Å². The number of thioether (sulfide) groups is 1. The van der Waals surface area contributed by atoms with Crippen LogP contribution in [0.25, 0.3) is 22.5 Å². The molecule has 4 nitrogen and oxygen atoms in total. The number of rotatable bonds is 5. The lowest BCUT2D eigenvalue weighted by molar-refractivity contribution is 0.530. The number of benzene rings is 2. The van der Waals surface area contributed by atoms with Gasteiger partial charge in [-0.25, -0.2) is 15.0 Å². The second-order valence-electron chi connectivity index (χ2n) is 5.83. The summed E-state index contributed by atoms with van der Waals surface area (Å²) >= 11 is 1.52. The normalized spacial score (nSPS) is 10.8. The van der Waals surface area contributed by atoms with E-state index in [0.717, 1.165) is 27.7 Å². The van der Waals surface area contributed by atoms with Crippen LogP contribution < -0.4 is 0 Å². The molecule has 0 radical (unpaired) electrons. The Bertz CT molecular complexity index is 1010. The molecule has 26 heavy (non-hydrogen) atoms. The average molecular weight is 359 g/mol. The maximum atomic E-state index is 5.93. The summed E-state index contributed by atoms with van der Waals surface area (Å²) in [4.78, 5) is 13.0. The predicted octanol–water partition coefficient (Wildman–Crippen LogP) is 5.40. The van der Waals surface area contributed by atoms with Crippen LogP contribution in [0.2, 0.25) is 0 Å². The fraction of sp³-hybridized carbons (Fsp3) is 0.0952. The first kappa shape index (κ1) is 16.5. The zero-order chi connectivity index (χ0) is 17.8. The minimum atomic E-state index is 0.599. The Morgan fingerprint density at radius 2 is 1.69 bits per heavy atom. The van der Waals surface area contributed by atoms with Crippen molar-refractivity contribution in [1.82, 2.24) is 15.0 Å². The molecule has 0 saturated heterocycles. The summed E-state index contributed by atoms with van der Waals surface area (Å²) in [5.41, 5.74) is 4.31. The summed E-state index contributed by atoms with van der Waals surface area (Å²) in [5.74, 6) is 2.03. The molecule has 0 saturated carbocycles. The van der Waals surface area contributed by atoms with Gasteiger partial charge in [0.25, 0.3) is 0 Å². The van der Waals surface area contributed by atoms with Gasteiger partial charge in [0.15, 0.2) is 10.9 Å². The molecule has 0 atom stereocenters. The summed E-state index contributed by atoms with van der Waals surface area (Å²) in [5, 5.41) is 0.732. The lowest BCUT2D eigenvalue weighted by Crippen LogP contribution is -1.89. The van der Waals surface area contributed by atoms with E-state index < -0.39 is 0 Å². The Labute approximate surface area is 156 Å². The third kappa shape index (κ3) is 3.83. The minimum Gasteiger partial charge on any atom is -0.440 e. The summed E-state index contributed by atoms with van der Waals surface area (Å²) in [6.07, 6.45) is 3.54. The molecule has 0 aliphatic rings. The van der Waals surface area contributed by atoms with Gasteiger partial charge in [-0.15, -0.1) is 0 Å². The van der Waals surface area contributed by atoms with Crippen LogP contribution in [-0.4, -0.2) is 15.0 Å². The van der Waals surface area contributed by atoms with E-state index in [1.807, 2.05) is 43.3 Å². The molecular formula is C21H17N3OS. The topological polar surface area (TPSA) is 51.8 Å². The van der Waals surface area contributed by atoms with Gasteiger partial charge in [-0.3, -0.25) is 0 Å². The van der Waals surface area contributed by atoms with Gasteiger partial charge in [-0.05, 0) is 30.2 Å². The average Bonchev–Trinajstić information content (AvgIpc) is 3.16. The van der Waals surface area contributed by atoms with E-state index >= 15 is 0 Å². The van der Waals surface area contributed by atoms with E-state index in [4.69, 9.17) is 4.42 Å². The van der Waals surface area contributed by atoms with Crippen LogP contribution in [0.1, 0.15) is 11.6 Å². The van der Waals surface area contributed by atoms with Crippen molar-refractivity contribution in [2.24, 2.45) is 0 Å². The fourth-order valence-corrected chi connectivity index (χ4v) is 3.34. The van der Waals surface area contributed by atoms with Crippen LogP contribution >= 0.6 is 11.8 Å². The molecule has 0 N–H and O–H groups in total. The van der Waals surface area contributed by atoms with Gasteiger partial charge >= 0.3 is 0 Å². The molecule has 0 bridgehead atoms. The van der Waals surface area contributed by atoms with Crippen LogP contribution in [0.5, 0.6) is 0 Å². The lowest BCUT2D eigenvalue weighted by Gasteiger charge is -2.03. The van der Waals surface area contributed by atoms with Crippen LogP contribution in [-0.2, 0) is 5.75 Å². The standard InChI is InChI=1S/C21H17N3OS/c1-15-10-11-22-21(24-15)26-14-20-23-13-19(25-20)18-9-5-8-17(12-18)16-6-3-2-4-7-16/h2-13H,14H2,1H3. The number of aromatic nitrogens is 3. The first-order valence-corrected chi connectivity index (χ1v) is 9.29.